The van der Waals surface area contributed by atoms with Crippen molar-refractivity contribution in [2.24, 2.45) is 5.73 Å². The van der Waals surface area contributed by atoms with Gasteiger partial charge in [-0.3, -0.25) is 4.79 Å². The van der Waals surface area contributed by atoms with E-state index in [0.29, 0.717) is 30.3 Å². The van der Waals surface area contributed by atoms with Crippen LogP contribution in [0.2, 0.25) is 5.02 Å². The van der Waals surface area contributed by atoms with E-state index in [1.165, 1.54) is 12.1 Å². The van der Waals surface area contributed by atoms with E-state index in [1.54, 1.807) is 6.07 Å². The predicted octanol–water partition coefficient (Wildman–Crippen LogP) is 3.96. The highest BCUT2D eigenvalue weighted by Crippen LogP contribution is 2.34. The predicted molar refractivity (Wildman–Crippen MR) is 104 cm³/mol. The molecule has 0 aromatic heterocycles. The molecular weight excluding hydrogens is 462 g/mol. The number of halogens is 3. The molecule has 0 heterocycles. The first-order valence-electron chi connectivity index (χ1n) is 7.46. The molecule has 5 nitrogen and oxygen atoms in total. The zero-order valence-corrected chi connectivity index (χ0v) is 16.4. The van der Waals surface area contributed by atoms with Crippen molar-refractivity contribution in [2.75, 3.05) is 18.5 Å². The molecule has 0 unspecified atom stereocenters. The molecule has 0 fully saturated rings. The van der Waals surface area contributed by atoms with Crippen molar-refractivity contribution in [3.8, 4) is 11.5 Å². The fourth-order valence-electron chi connectivity index (χ4n) is 2.08. The van der Waals surface area contributed by atoms with Gasteiger partial charge in [-0.25, -0.2) is 4.39 Å². The molecule has 0 saturated heterocycles. The van der Waals surface area contributed by atoms with Crippen LogP contribution in [-0.2, 0) is 11.3 Å². The molecule has 0 spiro atoms. The second kappa shape index (κ2) is 9.10. The van der Waals surface area contributed by atoms with Crippen LogP contribution in [0.1, 0.15) is 12.5 Å². The maximum absolute atomic E-state index is 13.2. The summed E-state index contributed by atoms with van der Waals surface area (Å²) in [5.74, 6) is -0.00653. The third-order valence-electron chi connectivity index (χ3n) is 3.14. The number of carbonyl (C=O) groups excluding carboxylic acids is 1. The van der Waals surface area contributed by atoms with Gasteiger partial charge in [0.1, 0.15) is 5.82 Å². The molecule has 25 heavy (non-hydrogen) atoms. The molecule has 0 atom stereocenters. The number of primary amides is 1. The number of rotatable bonds is 8. The van der Waals surface area contributed by atoms with Crippen LogP contribution in [0.5, 0.6) is 11.5 Å². The summed E-state index contributed by atoms with van der Waals surface area (Å²) >= 11 is 7.88. The molecule has 8 heteroatoms. The summed E-state index contributed by atoms with van der Waals surface area (Å²) in [5, 5.41) is 3.23. The SMILES string of the molecule is CCOc1cc(CNc2ccc(F)c(Cl)c2)cc(I)c1OCC(N)=O. The van der Waals surface area contributed by atoms with E-state index in [1.807, 2.05) is 19.1 Å². The number of carbonyl (C=O) groups is 1. The minimum absolute atomic E-state index is 0.0600. The van der Waals surface area contributed by atoms with Crippen molar-refractivity contribution in [2.45, 2.75) is 13.5 Å². The van der Waals surface area contributed by atoms with Crippen LogP contribution in [0.15, 0.2) is 30.3 Å². The van der Waals surface area contributed by atoms with E-state index in [0.717, 1.165) is 9.13 Å². The third kappa shape index (κ3) is 5.64. The fraction of sp³-hybridized carbons (Fsp3) is 0.235. The Morgan fingerprint density at radius 3 is 2.72 bits per heavy atom. The van der Waals surface area contributed by atoms with Crippen LogP contribution in [0.3, 0.4) is 0 Å². The number of amides is 1. The lowest BCUT2D eigenvalue weighted by atomic mass is 10.2. The summed E-state index contributed by atoms with van der Waals surface area (Å²) in [6.07, 6.45) is 0. The van der Waals surface area contributed by atoms with Gasteiger partial charge in [-0.05, 0) is 65.4 Å². The Morgan fingerprint density at radius 1 is 1.32 bits per heavy atom. The third-order valence-corrected chi connectivity index (χ3v) is 4.24. The van der Waals surface area contributed by atoms with Crippen molar-refractivity contribution in [1.82, 2.24) is 0 Å². The van der Waals surface area contributed by atoms with E-state index in [9.17, 15) is 9.18 Å². The lowest BCUT2D eigenvalue weighted by molar-refractivity contribution is -0.119. The Kier molecular flexibility index (Phi) is 7.12. The van der Waals surface area contributed by atoms with Gasteiger partial charge in [-0.1, -0.05) is 11.6 Å². The normalized spacial score (nSPS) is 10.4. The van der Waals surface area contributed by atoms with E-state index >= 15 is 0 Å². The second-order valence-electron chi connectivity index (χ2n) is 5.08. The van der Waals surface area contributed by atoms with E-state index in [-0.39, 0.29) is 11.6 Å². The lowest BCUT2D eigenvalue weighted by Gasteiger charge is -2.15. The van der Waals surface area contributed by atoms with Gasteiger partial charge in [-0.2, -0.15) is 0 Å². The number of nitrogens with two attached hydrogens (primary N) is 1. The Morgan fingerprint density at radius 2 is 2.08 bits per heavy atom. The number of hydrogen-bond donors (Lipinski definition) is 2. The van der Waals surface area contributed by atoms with Crippen LogP contribution < -0.4 is 20.5 Å². The standard InChI is InChI=1S/C17H17ClFIN2O3/c1-2-24-15-6-10(5-14(20)17(15)25-9-16(21)23)8-22-11-3-4-13(19)12(18)7-11/h3-7,22H,2,8-9H2,1H3,(H2,21,23). The average Bonchev–Trinajstić information content (AvgIpc) is 2.55. The zero-order valence-electron chi connectivity index (χ0n) is 13.4. The minimum atomic E-state index is -0.558. The van der Waals surface area contributed by atoms with Gasteiger partial charge in [0.15, 0.2) is 18.1 Å². The molecule has 2 aromatic carbocycles. The first kappa shape index (κ1) is 19.6. The summed E-state index contributed by atoms with van der Waals surface area (Å²) in [4.78, 5) is 10.9. The molecule has 2 aromatic rings. The molecule has 2 rings (SSSR count). The quantitative estimate of drug-likeness (QED) is 0.564. The molecule has 0 saturated carbocycles. The summed E-state index contributed by atoms with van der Waals surface area (Å²) in [6, 6.07) is 8.16. The van der Waals surface area contributed by atoms with Gasteiger partial charge in [0.25, 0.3) is 5.91 Å². The molecule has 0 aliphatic carbocycles. The Labute approximate surface area is 163 Å². The van der Waals surface area contributed by atoms with Gasteiger partial charge in [-0.15, -0.1) is 0 Å². The van der Waals surface area contributed by atoms with Crippen molar-refractivity contribution >= 4 is 45.8 Å². The van der Waals surface area contributed by atoms with Crippen molar-refractivity contribution < 1.29 is 18.7 Å². The molecule has 134 valence electrons. The van der Waals surface area contributed by atoms with Crippen LogP contribution in [0.4, 0.5) is 10.1 Å². The summed E-state index contributed by atoms with van der Waals surface area (Å²) in [7, 11) is 0. The molecule has 3 N–H and O–H groups in total. The van der Waals surface area contributed by atoms with Gasteiger partial charge in [0, 0.05) is 12.2 Å². The van der Waals surface area contributed by atoms with E-state index in [2.05, 4.69) is 27.9 Å². The highest BCUT2D eigenvalue weighted by atomic mass is 127. The monoisotopic (exact) mass is 478 g/mol. The number of hydrogen-bond acceptors (Lipinski definition) is 4. The topological polar surface area (TPSA) is 73.6 Å². The summed E-state index contributed by atoms with van der Waals surface area (Å²) < 4.78 is 25.0. The molecule has 1 amide bonds. The van der Waals surface area contributed by atoms with Crippen molar-refractivity contribution in [1.29, 1.82) is 0 Å². The maximum Gasteiger partial charge on any atom is 0.255 e. The smallest absolute Gasteiger partial charge is 0.255 e. The lowest BCUT2D eigenvalue weighted by Crippen LogP contribution is -2.20. The van der Waals surface area contributed by atoms with Gasteiger partial charge >= 0.3 is 0 Å². The molecule has 0 aliphatic heterocycles. The van der Waals surface area contributed by atoms with Crippen LogP contribution >= 0.6 is 34.2 Å². The molecule has 0 radical (unpaired) electrons. The Hall–Kier alpha value is -1.74. The van der Waals surface area contributed by atoms with E-state index in [4.69, 9.17) is 26.8 Å². The van der Waals surface area contributed by atoms with Gasteiger partial charge in [0.05, 0.1) is 15.2 Å². The molecule has 0 bridgehead atoms. The second-order valence-corrected chi connectivity index (χ2v) is 6.64. The Bertz CT molecular complexity index is 774. The van der Waals surface area contributed by atoms with Crippen LogP contribution in [0.25, 0.3) is 0 Å². The van der Waals surface area contributed by atoms with E-state index < -0.39 is 11.7 Å². The largest absolute Gasteiger partial charge is 0.490 e. The van der Waals surface area contributed by atoms with Crippen molar-refractivity contribution in [3.63, 3.8) is 0 Å². The van der Waals surface area contributed by atoms with Crippen molar-refractivity contribution in [3.05, 3.63) is 50.3 Å². The highest BCUT2D eigenvalue weighted by molar-refractivity contribution is 14.1. The van der Waals surface area contributed by atoms with Gasteiger partial charge in [0.2, 0.25) is 0 Å². The minimum Gasteiger partial charge on any atom is -0.490 e. The average molecular weight is 479 g/mol. The summed E-state index contributed by atoms with van der Waals surface area (Å²) in [6.45, 7) is 2.57. The first-order valence-corrected chi connectivity index (χ1v) is 8.91. The fourth-order valence-corrected chi connectivity index (χ4v) is 3.08. The highest BCUT2D eigenvalue weighted by Gasteiger charge is 2.13. The number of benzene rings is 2. The number of nitrogens with one attached hydrogen (secondary N) is 1. The van der Waals surface area contributed by atoms with Crippen LogP contribution in [0, 0.1) is 9.39 Å². The number of ether oxygens (including phenoxy) is 2. The number of anilines is 1. The summed E-state index contributed by atoms with van der Waals surface area (Å²) in [5.41, 5.74) is 6.76. The maximum atomic E-state index is 13.2. The Balaban J connectivity index is 2.17. The molecule has 0 aliphatic rings. The first-order chi connectivity index (χ1) is 11.9. The van der Waals surface area contributed by atoms with Gasteiger partial charge < -0.3 is 20.5 Å². The van der Waals surface area contributed by atoms with Crippen LogP contribution in [-0.4, -0.2) is 19.1 Å². The zero-order chi connectivity index (χ0) is 18.4. The molecular formula is C17H17ClFIN2O3.